The standard InChI is InChI=1S/C29H44F2O/c1-19-9-11-26(12-10-19)18-27-15-13-25(14-16-27)8-7-17-29(30,31)32-28-23(5)21(3)20(2)22(4)24(28)6/h7,17,19,25-27H,8-16,18H2,1-6H3/b17-7+. The number of alkyl halides is 2. The van der Waals surface area contributed by atoms with Gasteiger partial charge < -0.3 is 4.74 Å². The number of rotatable bonds is 7. The molecular weight excluding hydrogens is 402 g/mol. The van der Waals surface area contributed by atoms with Crippen molar-refractivity contribution in [3.8, 4) is 5.75 Å². The van der Waals surface area contributed by atoms with Crippen molar-refractivity contribution in [2.24, 2.45) is 23.7 Å². The van der Waals surface area contributed by atoms with E-state index in [9.17, 15) is 8.78 Å². The summed E-state index contributed by atoms with van der Waals surface area (Å²) < 4.78 is 34.5. The molecule has 0 spiro atoms. The zero-order valence-corrected chi connectivity index (χ0v) is 21.2. The van der Waals surface area contributed by atoms with Crippen LogP contribution in [0.4, 0.5) is 8.78 Å². The molecule has 0 bridgehead atoms. The van der Waals surface area contributed by atoms with E-state index >= 15 is 0 Å². The van der Waals surface area contributed by atoms with Crippen LogP contribution in [0.3, 0.4) is 0 Å². The van der Waals surface area contributed by atoms with Gasteiger partial charge in [0.25, 0.3) is 0 Å². The van der Waals surface area contributed by atoms with Gasteiger partial charge >= 0.3 is 6.11 Å². The molecule has 180 valence electrons. The van der Waals surface area contributed by atoms with Crippen molar-refractivity contribution < 1.29 is 13.5 Å². The zero-order chi connectivity index (χ0) is 23.5. The average Bonchev–Trinajstić information content (AvgIpc) is 2.77. The van der Waals surface area contributed by atoms with E-state index in [1.165, 1.54) is 57.8 Å². The van der Waals surface area contributed by atoms with Crippen molar-refractivity contribution in [1.82, 2.24) is 0 Å². The summed E-state index contributed by atoms with van der Waals surface area (Å²) in [6.45, 7) is 12.1. The van der Waals surface area contributed by atoms with Crippen LogP contribution in [0.5, 0.6) is 5.75 Å². The molecule has 0 radical (unpaired) electrons. The fourth-order valence-electron chi connectivity index (χ4n) is 5.93. The first-order valence-electron chi connectivity index (χ1n) is 12.9. The maximum Gasteiger partial charge on any atom is 0.419 e. The minimum Gasteiger partial charge on any atom is -0.429 e. The molecular formula is C29H44F2O. The Kier molecular flexibility index (Phi) is 8.44. The molecule has 1 aromatic carbocycles. The minimum absolute atomic E-state index is 0.331. The molecule has 0 heterocycles. The Morgan fingerprint density at radius 1 is 0.719 bits per heavy atom. The molecule has 1 aromatic rings. The molecule has 0 saturated heterocycles. The molecule has 0 aliphatic heterocycles. The Labute approximate surface area is 195 Å². The Balaban J connectivity index is 1.48. The number of hydrogen-bond acceptors (Lipinski definition) is 1. The van der Waals surface area contributed by atoms with E-state index in [1.54, 1.807) is 6.08 Å². The number of halogens is 2. The first-order chi connectivity index (χ1) is 15.1. The quantitative estimate of drug-likeness (QED) is 0.379. The molecule has 2 aliphatic carbocycles. The maximum atomic E-state index is 14.6. The summed E-state index contributed by atoms with van der Waals surface area (Å²) in [5.74, 6) is 3.58. The van der Waals surface area contributed by atoms with Gasteiger partial charge in [-0.3, -0.25) is 0 Å². The van der Waals surface area contributed by atoms with Crippen LogP contribution < -0.4 is 4.74 Å². The van der Waals surface area contributed by atoms with E-state index < -0.39 is 6.11 Å². The monoisotopic (exact) mass is 446 g/mol. The van der Waals surface area contributed by atoms with Crippen molar-refractivity contribution >= 4 is 0 Å². The summed E-state index contributed by atoms with van der Waals surface area (Å²) in [5.41, 5.74) is 4.83. The number of benzene rings is 1. The lowest BCUT2D eigenvalue weighted by Gasteiger charge is -2.33. The molecule has 1 nitrogen and oxygen atoms in total. The normalized spacial score (nSPS) is 27.1. The van der Waals surface area contributed by atoms with Gasteiger partial charge in [0.2, 0.25) is 0 Å². The van der Waals surface area contributed by atoms with E-state index in [1.807, 2.05) is 34.6 Å². The molecule has 0 aromatic heterocycles. The van der Waals surface area contributed by atoms with E-state index in [4.69, 9.17) is 4.74 Å². The largest absolute Gasteiger partial charge is 0.429 e. The van der Waals surface area contributed by atoms with Crippen LogP contribution in [0.15, 0.2) is 12.2 Å². The summed E-state index contributed by atoms with van der Waals surface area (Å²) in [4.78, 5) is 0. The van der Waals surface area contributed by atoms with Gasteiger partial charge in [-0.15, -0.1) is 0 Å². The molecule has 3 heteroatoms. The van der Waals surface area contributed by atoms with Crippen LogP contribution in [0, 0.1) is 58.3 Å². The van der Waals surface area contributed by atoms with Gasteiger partial charge in [-0.2, -0.15) is 8.78 Å². The highest BCUT2D eigenvalue weighted by Gasteiger charge is 2.31. The van der Waals surface area contributed by atoms with Crippen molar-refractivity contribution in [2.45, 2.75) is 112 Å². The Bertz CT molecular complexity index is 765. The highest BCUT2D eigenvalue weighted by molar-refractivity contribution is 5.53. The van der Waals surface area contributed by atoms with Gasteiger partial charge in [0.05, 0.1) is 0 Å². The smallest absolute Gasteiger partial charge is 0.419 e. The molecule has 2 aliphatic rings. The van der Waals surface area contributed by atoms with Crippen molar-refractivity contribution in [1.29, 1.82) is 0 Å². The third-order valence-electron chi connectivity index (χ3n) is 8.72. The van der Waals surface area contributed by atoms with Gasteiger partial charge in [-0.05, 0) is 112 Å². The first-order valence-corrected chi connectivity index (χ1v) is 12.9. The summed E-state index contributed by atoms with van der Waals surface area (Å²) in [6, 6.07) is 0. The molecule has 0 atom stereocenters. The molecule has 0 unspecified atom stereocenters. The topological polar surface area (TPSA) is 9.23 Å². The molecule has 32 heavy (non-hydrogen) atoms. The van der Waals surface area contributed by atoms with Crippen LogP contribution >= 0.6 is 0 Å². The molecule has 3 rings (SSSR count). The Morgan fingerprint density at radius 2 is 1.16 bits per heavy atom. The fourth-order valence-corrected chi connectivity index (χ4v) is 5.93. The van der Waals surface area contributed by atoms with Gasteiger partial charge in [0.15, 0.2) is 0 Å². The van der Waals surface area contributed by atoms with E-state index in [-0.39, 0.29) is 0 Å². The summed E-state index contributed by atoms with van der Waals surface area (Å²) >= 11 is 0. The number of allylic oxidation sites excluding steroid dienone is 1. The van der Waals surface area contributed by atoms with Gasteiger partial charge in [-0.1, -0.05) is 51.5 Å². The number of ether oxygens (including phenoxy) is 1. The molecule has 2 saturated carbocycles. The predicted molar refractivity (Wildman–Crippen MR) is 131 cm³/mol. The second-order valence-electron chi connectivity index (χ2n) is 11.0. The lowest BCUT2D eigenvalue weighted by Crippen LogP contribution is -2.23. The fraction of sp³-hybridized carbons (Fsp3) is 0.724. The van der Waals surface area contributed by atoms with Crippen molar-refractivity contribution in [3.05, 3.63) is 40.0 Å². The van der Waals surface area contributed by atoms with Gasteiger partial charge in [0, 0.05) is 6.08 Å². The van der Waals surface area contributed by atoms with Crippen molar-refractivity contribution in [3.63, 3.8) is 0 Å². The predicted octanol–water partition coefficient (Wildman–Crippen LogP) is 9.17. The average molecular weight is 447 g/mol. The number of hydrogen-bond donors (Lipinski definition) is 0. The lowest BCUT2D eigenvalue weighted by molar-refractivity contribution is -0.132. The molecule has 0 N–H and O–H groups in total. The van der Waals surface area contributed by atoms with E-state index in [0.717, 1.165) is 58.1 Å². The van der Waals surface area contributed by atoms with Crippen LogP contribution in [0.2, 0.25) is 0 Å². The summed E-state index contributed by atoms with van der Waals surface area (Å²) in [7, 11) is 0. The lowest BCUT2D eigenvalue weighted by atomic mass is 9.73. The van der Waals surface area contributed by atoms with Crippen LogP contribution in [0.25, 0.3) is 0 Å². The van der Waals surface area contributed by atoms with Crippen molar-refractivity contribution in [2.75, 3.05) is 0 Å². The minimum atomic E-state index is -3.28. The summed E-state index contributed by atoms with van der Waals surface area (Å²) in [5, 5.41) is 0. The molecule has 0 amide bonds. The third-order valence-corrected chi connectivity index (χ3v) is 8.72. The highest BCUT2D eigenvalue weighted by atomic mass is 19.3. The second-order valence-corrected chi connectivity index (χ2v) is 11.0. The van der Waals surface area contributed by atoms with Crippen LogP contribution in [-0.4, -0.2) is 6.11 Å². The zero-order valence-electron chi connectivity index (χ0n) is 21.2. The van der Waals surface area contributed by atoms with E-state index in [2.05, 4.69) is 6.92 Å². The second kappa shape index (κ2) is 10.7. The SMILES string of the molecule is Cc1c(C)c(C)c(OC(F)(F)/C=C/CC2CCC(CC3CCC(C)CC3)CC2)c(C)c1C. The summed E-state index contributed by atoms with van der Waals surface area (Å²) in [6.07, 6.45) is 12.0. The van der Waals surface area contributed by atoms with Gasteiger partial charge in [-0.25, -0.2) is 0 Å². The first kappa shape index (κ1) is 25.2. The van der Waals surface area contributed by atoms with Crippen LogP contribution in [-0.2, 0) is 0 Å². The third kappa shape index (κ3) is 6.35. The van der Waals surface area contributed by atoms with Crippen LogP contribution in [0.1, 0.15) is 98.9 Å². The Morgan fingerprint density at radius 3 is 1.69 bits per heavy atom. The molecule has 2 fully saturated rings. The maximum absolute atomic E-state index is 14.6. The highest BCUT2D eigenvalue weighted by Crippen LogP contribution is 2.39. The van der Waals surface area contributed by atoms with E-state index in [0.29, 0.717) is 11.7 Å². The Hall–Kier alpha value is -1.38. The van der Waals surface area contributed by atoms with Gasteiger partial charge in [0.1, 0.15) is 5.75 Å².